The number of Topliss-reactive ketones (excluding diaryl/α,β-unsaturated/α-hetero) is 1. The largest absolute Gasteiger partial charge is 0.369 e. The highest BCUT2D eigenvalue weighted by molar-refractivity contribution is 9.10. The van der Waals surface area contributed by atoms with Crippen LogP contribution >= 0.6 is 31.9 Å². The van der Waals surface area contributed by atoms with E-state index in [1.807, 2.05) is 49.5 Å². The monoisotopic (exact) mass is 465 g/mol. The molecule has 0 saturated heterocycles. The van der Waals surface area contributed by atoms with Crippen molar-refractivity contribution >= 4 is 55.4 Å². The summed E-state index contributed by atoms with van der Waals surface area (Å²) < 4.78 is 3.67. The Hall–Kier alpha value is -2.06. The first-order valence-electron chi connectivity index (χ1n) is 7.32. The van der Waals surface area contributed by atoms with Crippen molar-refractivity contribution in [1.29, 1.82) is 0 Å². The molecule has 0 unspecified atom stereocenters. The third-order valence-electron chi connectivity index (χ3n) is 2.96. The number of carbonyl (C=O) groups excluding carboxylic acids is 1. The molecule has 3 aromatic heterocycles. The van der Waals surface area contributed by atoms with E-state index >= 15 is 0 Å². The second-order valence-corrected chi connectivity index (χ2v) is 7.15. The summed E-state index contributed by atoms with van der Waals surface area (Å²) in [5.41, 5.74) is 1.39. The van der Waals surface area contributed by atoms with Crippen LogP contribution in [0.25, 0.3) is 5.65 Å². The topological polar surface area (TPSA) is 62.9 Å². The highest BCUT2D eigenvalue weighted by Gasteiger charge is 2.06. The molecule has 0 atom stereocenters. The number of nitrogens with zero attached hydrogens (tertiary/aromatic N) is 5. The third kappa shape index (κ3) is 5.75. The predicted octanol–water partition coefficient (Wildman–Crippen LogP) is 4.36. The van der Waals surface area contributed by atoms with E-state index in [1.165, 1.54) is 6.92 Å². The van der Waals surface area contributed by atoms with Crippen LogP contribution in [0.3, 0.4) is 0 Å². The van der Waals surface area contributed by atoms with E-state index in [-0.39, 0.29) is 5.78 Å². The molecule has 3 aromatic rings. The average molecular weight is 467 g/mol. The summed E-state index contributed by atoms with van der Waals surface area (Å²) in [5.74, 6) is 0.734. The minimum atomic E-state index is 0.0191. The van der Waals surface area contributed by atoms with Gasteiger partial charge < -0.3 is 4.90 Å². The molecule has 3 rings (SSSR count). The Kier molecular flexibility index (Phi) is 6.83. The average Bonchev–Trinajstić information content (AvgIpc) is 2.98. The van der Waals surface area contributed by atoms with Crippen LogP contribution in [0.15, 0.2) is 56.8 Å². The van der Waals surface area contributed by atoms with Gasteiger partial charge in [-0.25, -0.2) is 15.0 Å². The number of ketones is 1. The number of imidazole rings is 1. The number of hydrogen-bond acceptors (Lipinski definition) is 4. The number of carbonyl (C=O) groups is 1. The Balaban J connectivity index is 0.000000181. The number of aromatic nitrogens is 3. The fourth-order valence-electron chi connectivity index (χ4n) is 1.83. The second-order valence-electron chi connectivity index (χ2n) is 5.32. The van der Waals surface area contributed by atoms with E-state index in [9.17, 15) is 4.79 Å². The van der Waals surface area contributed by atoms with Crippen LogP contribution in [0.5, 0.6) is 0 Å². The minimum absolute atomic E-state index is 0.0191. The van der Waals surface area contributed by atoms with Crippen molar-refractivity contribution in [2.24, 2.45) is 4.99 Å². The van der Waals surface area contributed by atoms with Gasteiger partial charge in [0.25, 0.3) is 0 Å². The molecule has 0 bridgehead atoms. The molecular formula is C17H17Br2N5O. The Morgan fingerprint density at radius 3 is 2.44 bits per heavy atom. The Morgan fingerprint density at radius 2 is 1.84 bits per heavy atom. The number of aliphatic imine (C=N–C) groups is 1. The molecule has 130 valence electrons. The summed E-state index contributed by atoms with van der Waals surface area (Å²) in [6.45, 7) is 1.53. The Bertz CT molecular complexity index is 888. The lowest BCUT2D eigenvalue weighted by molar-refractivity contribution is 0.101. The third-order valence-corrected chi connectivity index (χ3v) is 3.90. The van der Waals surface area contributed by atoms with Crippen LogP contribution in [-0.4, -0.2) is 45.5 Å². The van der Waals surface area contributed by atoms with Gasteiger partial charge in [0.1, 0.15) is 11.3 Å². The molecule has 6 nitrogen and oxygen atoms in total. The van der Waals surface area contributed by atoms with Gasteiger partial charge in [-0.05, 0) is 56.1 Å². The Labute approximate surface area is 162 Å². The van der Waals surface area contributed by atoms with E-state index in [0.29, 0.717) is 11.5 Å². The zero-order chi connectivity index (χ0) is 18.4. The molecule has 0 spiro atoms. The van der Waals surface area contributed by atoms with E-state index in [1.54, 1.807) is 23.1 Å². The zero-order valence-electron chi connectivity index (χ0n) is 14.0. The molecule has 0 aromatic carbocycles. The lowest BCUT2D eigenvalue weighted by Crippen LogP contribution is -2.07. The molecule has 0 N–H and O–H groups in total. The summed E-state index contributed by atoms with van der Waals surface area (Å²) >= 11 is 6.64. The van der Waals surface area contributed by atoms with E-state index < -0.39 is 0 Å². The number of fused-ring (bicyclic) bond motifs is 1. The van der Waals surface area contributed by atoms with Crippen LogP contribution in [0, 0.1) is 0 Å². The molecule has 0 aliphatic heterocycles. The second kappa shape index (κ2) is 8.87. The smallest absolute Gasteiger partial charge is 0.178 e. The molecule has 8 heteroatoms. The first-order valence-corrected chi connectivity index (χ1v) is 8.91. The van der Waals surface area contributed by atoms with Crippen molar-refractivity contribution in [2.45, 2.75) is 6.92 Å². The van der Waals surface area contributed by atoms with Crippen molar-refractivity contribution in [2.75, 3.05) is 14.1 Å². The van der Waals surface area contributed by atoms with Gasteiger partial charge in [-0.3, -0.25) is 9.20 Å². The van der Waals surface area contributed by atoms with Crippen LogP contribution < -0.4 is 0 Å². The number of rotatable bonds is 3. The fraction of sp³-hybridized carbons (Fsp3) is 0.176. The number of halogens is 2. The molecule has 3 heterocycles. The quantitative estimate of drug-likeness (QED) is 0.326. The van der Waals surface area contributed by atoms with Gasteiger partial charge in [0, 0.05) is 42.4 Å². The molecule has 0 radical (unpaired) electrons. The van der Waals surface area contributed by atoms with Crippen LogP contribution in [0.4, 0.5) is 5.82 Å². The molecule has 0 saturated carbocycles. The van der Waals surface area contributed by atoms with Crippen molar-refractivity contribution in [3.63, 3.8) is 0 Å². The molecule has 0 aliphatic carbocycles. The highest BCUT2D eigenvalue weighted by atomic mass is 79.9. The van der Waals surface area contributed by atoms with Gasteiger partial charge in [0.15, 0.2) is 11.6 Å². The first kappa shape index (κ1) is 19.3. The van der Waals surface area contributed by atoms with Crippen LogP contribution in [-0.2, 0) is 0 Å². The van der Waals surface area contributed by atoms with E-state index in [2.05, 4.69) is 46.8 Å². The van der Waals surface area contributed by atoms with E-state index in [4.69, 9.17) is 0 Å². The van der Waals surface area contributed by atoms with Gasteiger partial charge in [0.2, 0.25) is 0 Å². The van der Waals surface area contributed by atoms with Crippen molar-refractivity contribution in [3.8, 4) is 0 Å². The number of pyridine rings is 2. The Morgan fingerprint density at radius 1 is 1.12 bits per heavy atom. The van der Waals surface area contributed by atoms with Crippen molar-refractivity contribution < 1.29 is 4.79 Å². The maximum Gasteiger partial charge on any atom is 0.178 e. The normalized spacial score (nSPS) is 10.6. The minimum Gasteiger partial charge on any atom is -0.369 e. The maximum absolute atomic E-state index is 11.2. The zero-order valence-corrected chi connectivity index (χ0v) is 17.2. The molecule has 25 heavy (non-hydrogen) atoms. The molecule has 0 aliphatic rings. The summed E-state index contributed by atoms with van der Waals surface area (Å²) in [5, 5.41) is 0. The van der Waals surface area contributed by atoms with Gasteiger partial charge in [-0.15, -0.1) is 0 Å². The summed E-state index contributed by atoms with van der Waals surface area (Å²) in [6.07, 6.45) is 6.86. The van der Waals surface area contributed by atoms with Gasteiger partial charge in [0.05, 0.1) is 12.5 Å². The maximum atomic E-state index is 11.2. The van der Waals surface area contributed by atoms with Crippen molar-refractivity contribution in [1.82, 2.24) is 19.3 Å². The van der Waals surface area contributed by atoms with E-state index in [0.717, 1.165) is 14.6 Å². The highest BCUT2D eigenvalue weighted by Crippen LogP contribution is 2.14. The predicted molar refractivity (Wildman–Crippen MR) is 107 cm³/mol. The lowest BCUT2D eigenvalue weighted by Gasteiger charge is -2.01. The molecule has 0 amide bonds. The summed E-state index contributed by atoms with van der Waals surface area (Å²) in [4.78, 5) is 25.3. The lowest BCUT2D eigenvalue weighted by atomic mass is 10.3. The van der Waals surface area contributed by atoms with Gasteiger partial charge in [-0.2, -0.15) is 0 Å². The number of hydrogen-bond donors (Lipinski definition) is 0. The van der Waals surface area contributed by atoms with Crippen molar-refractivity contribution in [3.05, 3.63) is 57.5 Å². The van der Waals surface area contributed by atoms with Gasteiger partial charge >= 0.3 is 0 Å². The standard InChI is InChI=1S/C9H7BrN2O.C8H10BrN3/c1-6(13)8-4-11-9-3-2-7(10)5-12(8)9;1-12(2)6-11-8-4-3-7(9)5-10-8/h2-5H,1H3;3-6H,1-2H3. The molecule has 0 fully saturated rings. The van der Waals surface area contributed by atoms with Gasteiger partial charge in [-0.1, -0.05) is 0 Å². The van der Waals surface area contributed by atoms with Crippen LogP contribution in [0.2, 0.25) is 0 Å². The molecular weight excluding hydrogens is 450 g/mol. The fourth-order valence-corrected chi connectivity index (χ4v) is 2.41. The first-order chi connectivity index (χ1) is 11.9. The summed E-state index contributed by atoms with van der Waals surface area (Å²) in [7, 11) is 3.84. The SMILES string of the molecule is CC(=O)c1cnc2ccc(Br)cn12.CN(C)C=Nc1ccc(Br)cn1. The van der Waals surface area contributed by atoms with Crippen LogP contribution in [0.1, 0.15) is 17.4 Å². The summed E-state index contributed by atoms with van der Waals surface area (Å²) in [6, 6.07) is 7.52.